The molecule has 1 saturated heterocycles. The van der Waals surface area contributed by atoms with E-state index in [1.165, 1.54) is 0 Å². The molecule has 1 heterocycles. The van der Waals surface area contributed by atoms with Crippen molar-refractivity contribution in [2.24, 2.45) is 5.73 Å². The lowest BCUT2D eigenvalue weighted by Gasteiger charge is -2.45. The van der Waals surface area contributed by atoms with Crippen LogP contribution in [0.1, 0.15) is 13.8 Å². The van der Waals surface area contributed by atoms with Gasteiger partial charge in [-0.1, -0.05) is 0 Å². The van der Waals surface area contributed by atoms with E-state index in [1.807, 2.05) is 13.8 Å². The zero-order chi connectivity index (χ0) is 10.2. The monoisotopic (exact) mass is 201 g/mol. The van der Waals surface area contributed by atoms with Crippen molar-refractivity contribution in [3.8, 4) is 0 Å². The van der Waals surface area contributed by atoms with Crippen LogP contribution in [0, 0.1) is 0 Å². The fourth-order valence-corrected chi connectivity index (χ4v) is 1.92. The molecule has 0 atom stereocenters. The van der Waals surface area contributed by atoms with Gasteiger partial charge in [0.2, 0.25) is 5.91 Å². The van der Waals surface area contributed by atoms with Gasteiger partial charge in [-0.3, -0.25) is 4.79 Å². The fraction of sp³-hybridized carbons (Fsp3) is 0.750. The van der Waals surface area contributed by atoms with Crippen molar-refractivity contribution in [1.29, 1.82) is 0 Å². The van der Waals surface area contributed by atoms with Gasteiger partial charge < -0.3 is 15.5 Å². The van der Waals surface area contributed by atoms with Crippen molar-refractivity contribution in [1.82, 2.24) is 9.80 Å². The van der Waals surface area contributed by atoms with E-state index in [1.54, 1.807) is 16.8 Å². The lowest BCUT2D eigenvalue weighted by molar-refractivity contribution is -0.143. The van der Waals surface area contributed by atoms with Crippen molar-refractivity contribution in [3.63, 3.8) is 0 Å². The van der Waals surface area contributed by atoms with E-state index in [0.717, 1.165) is 0 Å². The van der Waals surface area contributed by atoms with Gasteiger partial charge >= 0.3 is 0 Å². The summed E-state index contributed by atoms with van der Waals surface area (Å²) < 4.78 is 0. The topological polar surface area (TPSA) is 49.6 Å². The van der Waals surface area contributed by atoms with Crippen molar-refractivity contribution in [3.05, 3.63) is 0 Å². The van der Waals surface area contributed by atoms with Gasteiger partial charge in [-0.2, -0.15) is 0 Å². The minimum Gasteiger partial charge on any atom is -0.376 e. The van der Waals surface area contributed by atoms with E-state index in [-0.39, 0.29) is 5.91 Å². The normalized spacial score (nSPS) is 21.9. The maximum absolute atomic E-state index is 11.7. The van der Waals surface area contributed by atoms with Crippen LogP contribution in [0.5, 0.6) is 0 Å². The Balaban J connectivity index is 2.92. The molecule has 4 nitrogen and oxygen atoms in total. The third-order valence-corrected chi connectivity index (χ3v) is 2.69. The highest BCUT2D eigenvalue weighted by Crippen LogP contribution is 2.20. The summed E-state index contributed by atoms with van der Waals surface area (Å²) in [5.74, 6) is 0.0616. The molecule has 0 radical (unpaired) electrons. The van der Waals surface area contributed by atoms with Crippen LogP contribution in [-0.4, -0.2) is 46.5 Å². The summed E-state index contributed by atoms with van der Waals surface area (Å²) in [6.45, 7) is 5.07. The van der Waals surface area contributed by atoms with E-state index >= 15 is 0 Å². The lowest BCUT2D eigenvalue weighted by Crippen LogP contribution is -2.64. The van der Waals surface area contributed by atoms with Crippen LogP contribution in [0.3, 0.4) is 0 Å². The van der Waals surface area contributed by atoms with Gasteiger partial charge in [0.1, 0.15) is 5.54 Å². The smallest absolute Gasteiger partial charge is 0.247 e. The minimum atomic E-state index is -0.598. The van der Waals surface area contributed by atoms with Gasteiger partial charge in [-0.05, 0) is 26.1 Å². The van der Waals surface area contributed by atoms with Crippen molar-refractivity contribution in [2.75, 3.05) is 20.1 Å². The number of amides is 1. The molecule has 1 aliphatic heterocycles. The molecular formula is C8H15N3OS. The summed E-state index contributed by atoms with van der Waals surface area (Å²) in [6.07, 6.45) is 0. The summed E-state index contributed by atoms with van der Waals surface area (Å²) >= 11 is 4.89. The van der Waals surface area contributed by atoms with Gasteiger partial charge in [0.05, 0.1) is 0 Å². The molecule has 0 aromatic heterocycles. The minimum absolute atomic E-state index is 0.0616. The van der Waals surface area contributed by atoms with Crippen LogP contribution < -0.4 is 5.73 Å². The number of carbonyl (C=O) groups is 1. The Morgan fingerprint density at radius 3 is 2.54 bits per heavy atom. The SMILES string of the molecule is CN1CCN(C(N)=S)C(C)(C)C1=O. The van der Waals surface area contributed by atoms with Crippen molar-refractivity contribution < 1.29 is 4.79 Å². The molecule has 0 aliphatic carbocycles. The van der Waals surface area contributed by atoms with Gasteiger partial charge in [-0.15, -0.1) is 0 Å². The average Bonchev–Trinajstić information content (AvgIpc) is 1.99. The molecule has 1 aliphatic rings. The Labute approximate surface area is 83.7 Å². The van der Waals surface area contributed by atoms with E-state index in [9.17, 15) is 4.79 Å². The predicted octanol–water partition coefficient (Wildman–Crippen LogP) is -0.217. The number of carbonyl (C=O) groups excluding carboxylic acids is 1. The van der Waals surface area contributed by atoms with Gasteiger partial charge in [0.25, 0.3) is 0 Å². The summed E-state index contributed by atoms with van der Waals surface area (Å²) in [7, 11) is 1.79. The summed E-state index contributed by atoms with van der Waals surface area (Å²) in [5, 5.41) is 0.298. The van der Waals surface area contributed by atoms with Gasteiger partial charge in [-0.25, -0.2) is 0 Å². The van der Waals surface area contributed by atoms with Gasteiger partial charge in [0.15, 0.2) is 5.11 Å². The van der Waals surface area contributed by atoms with Gasteiger partial charge in [0, 0.05) is 20.1 Å². The lowest BCUT2D eigenvalue weighted by atomic mass is 9.98. The highest BCUT2D eigenvalue weighted by molar-refractivity contribution is 7.80. The number of rotatable bonds is 0. The second kappa shape index (κ2) is 3.14. The number of hydrogen-bond donors (Lipinski definition) is 1. The van der Waals surface area contributed by atoms with Crippen LogP contribution in [0.4, 0.5) is 0 Å². The number of piperazine rings is 1. The quantitative estimate of drug-likeness (QED) is 0.551. The molecule has 0 spiro atoms. The third-order valence-electron chi connectivity index (χ3n) is 2.47. The maximum Gasteiger partial charge on any atom is 0.247 e. The molecule has 1 fully saturated rings. The first kappa shape index (κ1) is 10.2. The summed E-state index contributed by atoms with van der Waals surface area (Å²) in [4.78, 5) is 15.2. The van der Waals surface area contributed by atoms with E-state index in [2.05, 4.69) is 0 Å². The molecule has 1 rings (SSSR count). The predicted molar refractivity (Wildman–Crippen MR) is 55.2 cm³/mol. The molecular weight excluding hydrogens is 186 g/mol. The summed E-state index contributed by atoms with van der Waals surface area (Å²) in [5.41, 5.74) is 4.94. The fourth-order valence-electron chi connectivity index (χ4n) is 1.60. The number of likely N-dealkylation sites (N-methyl/N-ethyl adjacent to an activating group) is 1. The third kappa shape index (κ3) is 1.60. The van der Waals surface area contributed by atoms with E-state index in [4.69, 9.17) is 18.0 Å². The zero-order valence-electron chi connectivity index (χ0n) is 8.20. The molecule has 0 unspecified atom stereocenters. The zero-order valence-corrected chi connectivity index (χ0v) is 9.02. The van der Waals surface area contributed by atoms with E-state index < -0.39 is 5.54 Å². The first-order valence-corrected chi connectivity index (χ1v) is 4.61. The number of nitrogens with zero attached hydrogens (tertiary/aromatic N) is 2. The molecule has 0 bridgehead atoms. The van der Waals surface area contributed by atoms with Crippen molar-refractivity contribution >= 4 is 23.2 Å². The van der Waals surface area contributed by atoms with Crippen LogP contribution in [0.15, 0.2) is 0 Å². The molecule has 0 aromatic carbocycles. The Kier molecular flexibility index (Phi) is 2.47. The van der Waals surface area contributed by atoms with Crippen LogP contribution in [0.2, 0.25) is 0 Å². The number of nitrogens with two attached hydrogens (primary N) is 1. The average molecular weight is 201 g/mol. The maximum atomic E-state index is 11.7. The second-order valence-electron chi connectivity index (χ2n) is 3.78. The highest BCUT2D eigenvalue weighted by Gasteiger charge is 2.40. The molecule has 0 aromatic rings. The largest absolute Gasteiger partial charge is 0.376 e. The Morgan fingerprint density at radius 1 is 1.54 bits per heavy atom. The van der Waals surface area contributed by atoms with Crippen LogP contribution >= 0.6 is 12.2 Å². The second-order valence-corrected chi connectivity index (χ2v) is 4.19. The Bertz CT molecular complexity index is 252. The number of hydrogen-bond acceptors (Lipinski definition) is 2. The molecule has 1 amide bonds. The molecule has 2 N–H and O–H groups in total. The van der Waals surface area contributed by atoms with Crippen molar-refractivity contribution in [2.45, 2.75) is 19.4 Å². The van der Waals surface area contributed by atoms with Crippen LogP contribution in [0.25, 0.3) is 0 Å². The summed E-state index contributed by atoms with van der Waals surface area (Å²) in [6, 6.07) is 0. The highest BCUT2D eigenvalue weighted by atomic mass is 32.1. The first-order valence-electron chi connectivity index (χ1n) is 4.20. The molecule has 13 heavy (non-hydrogen) atoms. The Hall–Kier alpha value is -0.840. The molecule has 5 heteroatoms. The molecule has 74 valence electrons. The number of thiocarbonyl (C=S) groups is 1. The van der Waals surface area contributed by atoms with E-state index in [0.29, 0.717) is 18.2 Å². The first-order chi connectivity index (χ1) is 5.87. The Morgan fingerprint density at radius 2 is 2.08 bits per heavy atom. The molecule has 0 saturated carbocycles. The standard InChI is InChI=1S/C8H15N3OS/c1-8(2)6(12)10(3)4-5-11(8)7(9)13/h4-5H2,1-3H3,(H2,9,13). The van der Waals surface area contributed by atoms with Crippen LogP contribution in [-0.2, 0) is 4.79 Å².